The highest BCUT2D eigenvalue weighted by atomic mass is 16.3. The Morgan fingerprint density at radius 3 is 2.56 bits per heavy atom. The molecule has 0 radical (unpaired) electrons. The highest BCUT2D eigenvalue weighted by molar-refractivity contribution is 5.22. The van der Waals surface area contributed by atoms with Crippen LogP contribution in [-0.4, -0.2) is 11.1 Å². The fourth-order valence-electron chi connectivity index (χ4n) is 2.87. The molecule has 1 aromatic rings. The fourth-order valence-corrected chi connectivity index (χ4v) is 2.87. The number of nitrogens with one attached hydrogen (secondary N) is 1. The van der Waals surface area contributed by atoms with Gasteiger partial charge in [0.2, 0.25) is 0 Å². The second-order valence-corrected chi connectivity index (χ2v) is 5.48. The Morgan fingerprint density at radius 2 is 1.89 bits per heavy atom. The molecular formula is C16H25NO. The van der Waals surface area contributed by atoms with Gasteiger partial charge in [0.1, 0.15) is 0 Å². The Balaban J connectivity index is 1.77. The molecule has 0 saturated heterocycles. The van der Waals surface area contributed by atoms with E-state index in [9.17, 15) is 0 Å². The quantitative estimate of drug-likeness (QED) is 0.837. The van der Waals surface area contributed by atoms with E-state index in [0.29, 0.717) is 6.04 Å². The van der Waals surface area contributed by atoms with Gasteiger partial charge in [0.05, 0.1) is 6.61 Å². The van der Waals surface area contributed by atoms with Crippen molar-refractivity contribution in [1.29, 1.82) is 0 Å². The van der Waals surface area contributed by atoms with Crippen LogP contribution < -0.4 is 5.32 Å². The summed E-state index contributed by atoms with van der Waals surface area (Å²) in [5.74, 6) is 0.959. The van der Waals surface area contributed by atoms with Crippen LogP contribution in [-0.2, 0) is 13.2 Å². The Bertz CT molecular complexity index is 356. The summed E-state index contributed by atoms with van der Waals surface area (Å²) in [7, 11) is 0. The highest BCUT2D eigenvalue weighted by Crippen LogP contribution is 2.26. The summed E-state index contributed by atoms with van der Waals surface area (Å²) in [5, 5.41) is 12.8. The maximum Gasteiger partial charge on any atom is 0.0681 e. The van der Waals surface area contributed by atoms with Gasteiger partial charge in [-0.3, -0.25) is 0 Å². The minimum absolute atomic E-state index is 0.134. The Hall–Kier alpha value is -0.860. The van der Waals surface area contributed by atoms with E-state index < -0.39 is 0 Å². The minimum atomic E-state index is 0.134. The molecule has 2 nitrogen and oxygen atoms in total. The van der Waals surface area contributed by atoms with E-state index in [1.165, 1.54) is 37.7 Å². The lowest BCUT2D eigenvalue weighted by atomic mass is 9.84. The summed E-state index contributed by atoms with van der Waals surface area (Å²) in [6.45, 7) is 3.36. The summed E-state index contributed by atoms with van der Waals surface area (Å²) in [4.78, 5) is 0. The van der Waals surface area contributed by atoms with Gasteiger partial charge in [-0.05, 0) is 42.7 Å². The maximum absolute atomic E-state index is 9.11. The number of rotatable bonds is 5. The van der Waals surface area contributed by atoms with Crippen LogP contribution in [0.4, 0.5) is 0 Å². The Labute approximate surface area is 110 Å². The maximum atomic E-state index is 9.11. The van der Waals surface area contributed by atoms with Crippen LogP contribution >= 0.6 is 0 Å². The molecule has 2 heteroatoms. The van der Waals surface area contributed by atoms with E-state index >= 15 is 0 Å². The molecule has 18 heavy (non-hydrogen) atoms. The van der Waals surface area contributed by atoms with Crippen molar-refractivity contribution in [3.8, 4) is 0 Å². The van der Waals surface area contributed by atoms with Crippen molar-refractivity contribution in [2.24, 2.45) is 5.92 Å². The third-order valence-electron chi connectivity index (χ3n) is 4.19. The number of hydrogen-bond acceptors (Lipinski definition) is 2. The summed E-state index contributed by atoms with van der Waals surface area (Å²) < 4.78 is 0. The predicted octanol–water partition coefficient (Wildman–Crippen LogP) is 3.24. The average molecular weight is 247 g/mol. The molecule has 1 saturated carbocycles. The molecule has 0 unspecified atom stereocenters. The molecule has 1 aromatic carbocycles. The third kappa shape index (κ3) is 3.82. The molecule has 1 fully saturated rings. The number of hydrogen-bond donors (Lipinski definition) is 2. The lowest BCUT2D eigenvalue weighted by Crippen LogP contribution is -2.32. The monoisotopic (exact) mass is 247 g/mol. The second-order valence-electron chi connectivity index (χ2n) is 5.48. The van der Waals surface area contributed by atoms with E-state index in [-0.39, 0.29) is 6.61 Å². The van der Waals surface area contributed by atoms with Crippen molar-refractivity contribution >= 4 is 0 Å². The Morgan fingerprint density at radius 1 is 1.17 bits per heavy atom. The van der Waals surface area contributed by atoms with Gasteiger partial charge in [0.25, 0.3) is 0 Å². The van der Waals surface area contributed by atoms with Crippen molar-refractivity contribution in [2.75, 3.05) is 0 Å². The molecule has 0 aromatic heterocycles. The molecule has 100 valence electrons. The summed E-state index contributed by atoms with van der Waals surface area (Å²) in [5.41, 5.74) is 2.28. The van der Waals surface area contributed by atoms with E-state index in [1.807, 2.05) is 12.1 Å². The zero-order valence-corrected chi connectivity index (χ0v) is 11.4. The van der Waals surface area contributed by atoms with Crippen LogP contribution in [0, 0.1) is 5.92 Å². The van der Waals surface area contributed by atoms with Crippen LogP contribution in [0.15, 0.2) is 24.3 Å². The van der Waals surface area contributed by atoms with Gasteiger partial charge in [-0.25, -0.2) is 0 Å². The van der Waals surface area contributed by atoms with Crippen molar-refractivity contribution in [3.63, 3.8) is 0 Å². The van der Waals surface area contributed by atoms with Gasteiger partial charge < -0.3 is 10.4 Å². The van der Waals surface area contributed by atoms with Gasteiger partial charge in [0, 0.05) is 12.6 Å². The van der Waals surface area contributed by atoms with Gasteiger partial charge in [-0.1, -0.05) is 37.6 Å². The Kier molecular flexibility index (Phi) is 5.21. The molecule has 0 spiro atoms. The summed E-state index contributed by atoms with van der Waals surface area (Å²) >= 11 is 0. The van der Waals surface area contributed by atoms with Crippen LogP contribution in [0.1, 0.15) is 50.2 Å². The molecule has 1 aliphatic rings. The normalized spacial score (nSPS) is 24.1. The van der Waals surface area contributed by atoms with E-state index in [2.05, 4.69) is 24.4 Å². The molecule has 0 heterocycles. The van der Waals surface area contributed by atoms with E-state index in [1.54, 1.807) is 0 Å². The number of aliphatic hydroxyl groups excluding tert-OH is 1. The van der Waals surface area contributed by atoms with Crippen molar-refractivity contribution in [3.05, 3.63) is 35.4 Å². The molecule has 0 amide bonds. The van der Waals surface area contributed by atoms with Crippen molar-refractivity contribution < 1.29 is 5.11 Å². The lowest BCUT2D eigenvalue weighted by Gasteiger charge is -2.28. The van der Waals surface area contributed by atoms with Gasteiger partial charge in [-0.15, -0.1) is 0 Å². The number of aliphatic hydroxyl groups is 1. The number of benzene rings is 1. The van der Waals surface area contributed by atoms with Crippen LogP contribution in [0.2, 0.25) is 0 Å². The standard InChI is InChI=1S/C16H25NO/c1-2-13-6-8-16(9-7-13)17-11-14-4-3-5-15(10-14)12-18/h3-5,10,13,16-18H,2,6-9,11-12H2,1H3. The first-order valence-corrected chi connectivity index (χ1v) is 7.24. The molecule has 2 rings (SSSR count). The first-order chi connectivity index (χ1) is 8.81. The van der Waals surface area contributed by atoms with Crippen LogP contribution in [0.5, 0.6) is 0 Å². The minimum Gasteiger partial charge on any atom is -0.392 e. The second kappa shape index (κ2) is 6.91. The highest BCUT2D eigenvalue weighted by Gasteiger charge is 2.19. The summed E-state index contributed by atoms with van der Waals surface area (Å²) in [6, 6.07) is 8.90. The van der Waals surface area contributed by atoms with Gasteiger partial charge >= 0.3 is 0 Å². The van der Waals surface area contributed by atoms with Gasteiger partial charge in [-0.2, -0.15) is 0 Å². The average Bonchev–Trinajstić information content (AvgIpc) is 2.46. The third-order valence-corrected chi connectivity index (χ3v) is 4.19. The van der Waals surface area contributed by atoms with Crippen LogP contribution in [0.3, 0.4) is 0 Å². The molecule has 0 atom stereocenters. The van der Waals surface area contributed by atoms with Crippen molar-refractivity contribution in [2.45, 2.75) is 58.2 Å². The van der Waals surface area contributed by atoms with Crippen LogP contribution in [0.25, 0.3) is 0 Å². The molecule has 2 N–H and O–H groups in total. The van der Waals surface area contributed by atoms with E-state index in [4.69, 9.17) is 5.11 Å². The lowest BCUT2D eigenvalue weighted by molar-refractivity contribution is 0.280. The fraction of sp³-hybridized carbons (Fsp3) is 0.625. The van der Waals surface area contributed by atoms with Gasteiger partial charge in [0.15, 0.2) is 0 Å². The molecule has 0 bridgehead atoms. The topological polar surface area (TPSA) is 32.3 Å². The smallest absolute Gasteiger partial charge is 0.0681 e. The molecular weight excluding hydrogens is 222 g/mol. The molecule has 0 aliphatic heterocycles. The first-order valence-electron chi connectivity index (χ1n) is 7.24. The first kappa shape index (κ1) is 13.6. The molecule has 1 aliphatic carbocycles. The van der Waals surface area contributed by atoms with Crippen molar-refractivity contribution in [1.82, 2.24) is 5.32 Å². The zero-order valence-electron chi connectivity index (χ0n) is 11.4. The SMILES string of the molecule is CCC1CCC(NCc2cccc(CO)c2)CC1. The zero-order chi connectivity index (χ0) is 12.8. The van der Waals surface area contributed by atoms with E-state index in [0.717, 1.165) is 18.0 Å². The largest absolute Gasteiger partial charge is 0.392 e. The summed E-state index contributed by atoms with van der Waals surface area (Å²) in [6.07, 6.45) is 6.73. The predicted molar refractivity (Wildman–Crippen MR) is 75.2 cm³/mol.